The van der Waals surface area contributed by atoms with Gasteiger partial charge in [-0.3, -0.25) is 10.1 Å². The van der Waals surface area contributed by atoms with Crippen LogP contribution in [0.15, 0.2) is 30.4 Å². The normalized spacial score (nSPS) is 11.2. The molecule has 8 heteroatoms. The minimum Gasteiger partial charge on any atom is -0.482 e. The molecule has 5 nitrogen and oxygen atoms in total. The van der Waals surface area contributed by atoms with Crippen LogP contribution < -0.4 is 10.1 Å². The SMILES string of the molecule is C=C(CNC)COc1ccc(C(F)(F)F)cc1[N+](=O)[O-]. The van der Waals surface area contributed by atoms with Crippen molar-refractivity contribution in [1.82, 2.24) is 5.32 Å². The highest BCUT2D eigenvalue weighted by Crippen LogP contribution is 2.36. The summed E-state index contributed by atoms with van der Waals surface area (Å²) in [5.41, 5.74) is -1.20. The molecular weight excluding hydrogens is 277 g/mol. The van der Waals surface area contributed by atoms with Crippen molar-refractivity contribution in [2.24, 2.45) is 0 Å². The number of alkyl halides is 3. The van der Waals surface area contributed by atoms with Crippen LogP contribution in [0.2, 0.25) is 0 Å². The zero-order valence-electron chi connectivity index (χ0n) is 10.7. The Balaban J connectivity index is 2.97. The number of hydrogen-bond acceptors (Lipinski definition) is 4. The molecule has 20 heavy (non-hydrogen) atoms. The van der Waals surface area contributed by atoms with Crippen LogP contribution in [0.25, 0.3) is 0 Å². The molecule has 0 unspecified atom stereocenters. The fraction of sp³-hybridized carbons (Fsp3) is 0.333. The summed E-state index contributed by atoms with van der Waals surface area (Å²) in [7, 11) is 1.69. The Hall–Kier alpha value is -2.09. The highest BCUT2D eigenvalue weighted by molar-refractivity contribution is 5.49. The van der Waals surface area contributed by atoms with Crippen molar-refractivity contribution in [2.45, 2.75) is 6.18 Å². The summed E-state index contributed by atoms with van der Waals surface area (Å²) in [6.07, 6.45) is -4.64. The number of rotatable bonds is 6. The molecule has 0 bridgehead atoms. The third kappa shape index (κ3) is 4.23. The van der Waals surface area contributed by atoms with Gasteiger partial charge in [-0.15, -0.1) is 0 Å². The van der Waals surface area contributed by atoms with Crippen LogP contribution in [-0.2, 0) is 6.18 Å². The second-order valence-electron chi connectivity index (χ2n) is 4.01. The molecule has 1 aromatic rings. The molecule has 0 saturated heterocycles. The van der Waals surface area contributed by atoms with Gasteiger partial charge in [0.2, 0.25) is 0 Å². The molecule has 0 spiro atoms. The highest BCUT2D eigenvalue weighted by atomic mass is 19.4. The van der Waals surface area contributed by atoms with Crippen LogP contribution in [0.3, 0.4) is 0 Å². The molecule has 1 rings (SSSR count). The van der Waals surface area contributed by atoms with E-state index in [0.717, 1.165) is 12.1 Å². The lowest BCUT2D eigenvalue weighted by Crippen LogP contribution is -2.15. The lowest BCUT2D eigenvalue weighted by atomic mass is 10.2. The number of halogens is 3. The average molecular weight is 290 g/mol. The molecule has 110 valence electrons. The average Bonchev–Trinajstić information content (AvgIpc) is 2.35. The number of ether oxygens (including phenoxy) is 1. The lowest BCUT2D eigenvalue weighted by Gasteiger charge is -2.11. The molecule has 0 saturated carbocycles. The molecule has 0 aliphatic rings. The Morgan fingerprint density at radius 1 is 1.50 bits per heavy atom. The predicted octanol–water partition coefficient (Wildman–Crippen LogP) is 2.77. The number of likely N-dealkylation sites (N-methyl/N-ethyl adjacent to an activating group) is 1. The Labute approximate surface area is 113 Å². The maximum absolute atomic E-state index is 12.5. The van der Waals surface area contributed by atoms with E-state index in [1.54, 1.807) is 7.05 Å². The smallest absolute Gasteiger partial charge is 0.416 e. The van der Waals surface area contributed by atoms with Crippen LogP contribution in [0, 0.1) is 10.1 Å². The third-order valence-corrected chi connectivity index (χ3v) is 2.34. The van der Waals surface area contributed by atoms with Crippen molar-refractivity contribution in [2.75, 3.05) is 20.2 Å². The highest BCUT2D eigenvalue weighted by Gasteiger charge is 2.33. The first-order valence-electron chi connectivity index (χ1n) is 5.55. The van der Waals surface area contributed by atoms with Gasteiger partial charge in [-0.05, 0) is 24.8 Å². The molecule has 0 aliphatic heterocycles. The molecule has 0 atom stereocenters. The van der Waals surface area contributed by atoms with Gasteiger partial charge in [0.15, 0.2) is 5.75 Å². The first-order chi connectivity index (χ1) is 9.25. The second-order valence-corrected chi connectivity index (χ2v) is 4.01. The molecule has 0 amide bonds. The molecule has 0 radical (unpaired) electrons. The molecule has 1 N–H and O–H groups in total. The molecular formula is C12H13F3N2O3. The fourth-order valence-corrected chi connectivity index (χ4v) is 1.44. The van der Waals surface area contributed by atoms with Crippen molar-refractivity contribution in [3.8, 4) is 5.75 Å². The van der Waals surface area contributed by atoms with E-state index < -0.39 is 22.4 Å². The van der Waals surface area contributed by atoms with Crippen LogP contribution in [0.4, 0.5) is 18.9 Å². The summed E-state index contributed by atoms with van der Waals surface area (Å²) in [5, 5.41) is 13.6. The molecule has 0 fully saturated rings. The van der Waals surface area contributed by atoms with E-state index in [1.807, 2.05) is 0 Å². The largest absolute Gasteiger partial charge is 0.482 e. The maximum atomic E-state index is 12.5. The van der Waals surface area contributed by atoms with E-state index in [2.05, 4.69) is 11.9 Å². The minimum atomic E-state index is -4.64. The van der Waals surface area contributed by atoms with Crippen molar-refractivity contribution in [3.63, 3.8) is 0 Å². The summed E-state index contributed by atoms with van der Waals surface area (Å²) in [6.45, 7) is 4.07. The van der Waals surface area contributed by atoms with Gasteiger partial charge in [0.1, 0.15) is 6.61 Å². The Morgan fingerprint density at radius 2 is 2.15 bits per heavy atom. The van der Waals surface area contributed by atoms with E-state index in [4.69, 9.17) is 4.74 Å². The third-order valence-electron chi connectivity index (χ3n) is 2.34. The predicted molar refractivity (Wildman–Crippen MR) is 66.7 cm³/mol. The van der Waals surface area contributed by atoms with Crippen molar-refractivity contribution in [1.29, 1.82) is 0 Å². The summed E-state index contributed by atoms with van der Waals surface area (Å²) >= 11 is 0. The van der Waals surface area contributed by atoms with Crippen LogP contribution in [0.1, 0.15) is 5.56 Å². The number of benzene rings is 1. The molecule has 0 heterocycles. The van der Waals surface area contributed by atoms with E-state index in [-0.39, 0.29) is 12.4 Å². The van der Waals surface area contributed by atoms with Gasteiger partial charge in [-0.1, -0.05) is 6.58 Å². The van der Waals surface area contributed by atoms with E-state index >= 15 is 0 Å². The van der Waals surface area contributed by atoms with Gasteiger partial charge in [-0.2, -0.15) is 13.2 Å². The zero-order valence-corrected chi connectivity index (χ0v) is 10.7. The monoisotopic (exact) mass is 290 g/mol. The Bertz CT molecular complexity index is 515. The van der Waals surface area contributed by atoms with Gasteiger partial charge in [0.05, 0.1) is 10.5 Å². The van der Waals surface area contributed by atoms with Crippen molar-refractivity contribution < 1.29 is 22.8 Å². The first-order valence-corrected chi connectivity index (χ1v) is 5.55. The van der Waals surface area contributed by atoms with Crippen molar-refractivity contribution >= 4 is 5.69 Å². The Morgan fingerprint density at radius 3 is 2.65 bits per heavy atom. The maximum Gasteiger partial charge on any atom is 0.416 e. The van der Waals surface area contributed by atoms with Gasteiger partial charge < -0.3 is 10.1 Å². The summed E-state index contributed by atoms with van der Waals surface area (Å²) in [4.78, 5) is 9.88. The number of nitro groups is 1. The van der Waals surface area contributed by atoms with Gasteiger partial charge >= 0.3 is 11.9 Å². The standard InChI is InChI=1S/C12H13F3N2O3/c1-8(6-16-2)7-20-11-4-3-9(12(13,14)15)5-10(11)17(18)19/h3-5,16H,1,6-7H2,2H3. The van der Waals surface area contributed by atoms with Crippen molar-refractivity contribution in [3.05, 3.63) is 46.0 Å². The number of hydrogen-bond donors (Lipinski definition) is 1. The number of nitrogens with one attached hydrogen (secondary N) is 1. The topological polar surface area (TPSA) is 64.4 Å². The Kier molecular flexibility index (Phi) is 5.09. The van der Waals surface area contributed by atoms with Crippen LogP contribution >= 0.6 is 0 Å². The lowest BCUT2D eigenvalue weighted by molar-refractivity contribution is -0.386. The first kappa shape index (κ1) is 16.0. The van der Waals surface area contributed by atoms with E-state index in [9.17, 15) is 23.3 Å². The van der Waals surface area contributed by atoms with Crippen LogP contribution in [-0.4, -0.2) is 25.1 Å². The zero-order chi connectivity index (χ0) is 15.3. The van der Waals surface area contributed by atoms with Gasteiger partial charge in [-0.25, -0.2) is 0 Å². The number of nitro benzene ring substituents is 1. The quantitative estimate of drug-likeness (QED) is 0.497. The van der Waals surface area contributed by atoms with E-state index in [0.29, 0.717) is 18.2 Å². The fourth-order valence-electron chi connectivity index (χ4n) is 1.44. The minimum absolute atomic E-state index is 0.0208. The molecule has 1 aromatic carbocycles. The molecule has 0 aromatic heterocycles. The number of nitrogens with zero attached hydrogens (tertiary/aromatic N) is 1. The van der Waals surface area contributed by atoms with Gasteiger partial charge in [0.25, 0.3) is 0 Å². The van der Waals surface area contributed by atoms with E-state index in [1.165, 1.54) is 0 Å². The van der Waals surface area contributed by atoms with Crippen LogP contribution in [0.5, 0.6) is 5.75 Å². The summed E-state index contributed by atoms with van der Waals surface area (Å²) < 4.78 is 42.6. The molecule has 0 aliphatic carbocycles. The van der Waals surface area contributed by atoms with Gasteiger partial charge in [0, 0.05) is 12.6 Å². The summed E-state index contributed by atoms with van der Waals surface area (Å²) in [5.74, 6) is -0.222. The summed E-state index contributed by atoms with van der Waals surface area (Å²) in [6, 6.07) is 2.13. The second kappa shape index (κ2) is 6.38.